The first-order chi connectivity index (χ1) is 14.6. The van der Waals surface area contributed by atoms with E-state index < -0.39 is 0 Å². The van der Waals surface area contributed by atoms with Crippen molar-refractivity contribution in [2.24, 2.45) is 5.92 Å². The topological polar surface area (TPSA) is 68.5 Å². The van der Waals surface area contributed by atoms with Crippen LogP contribution in [0.1, 0.15) is 24.3 Å². The van der Waals surface area contributed by atoms with Crippen molar-refractivity contribution in [3.05, 3.63) is 65.8 Å². The van der Waals surface area contributed by atoms with Crippen LogP contribution < -0.4 is 4.74 Å². The number of piperidine rings is 1. The molecule has 4 rings (SSSR count). The summed E-state index contributed by atoms with van der Waals surface area (Å²) in [7, 11) is 0. The number of likely N-dealkylation sites (tertiary alicyclic amines) is 1. The lowest BCUT2D eigenvalue weighted by Crippen LogP contribution is -2.41. The zero-order chi connectivity index (χ0) is 20.9. The van der Waals surface area contributed by atoms with E-state index in [1.165, 1.54) is 12.1 Å². The molecule has 2 aromatic carbocycles. The Labute approximate surface area is 174 Å². The van der Waals surface area contributed by atoms with Gasteiger partial charge in [0, 0.05) is 25.1 Å². The maximum atomic E-state index is 13.1. The zero-order valence-corrected chi connectivity index (χ0v) is 16.9. The SMILES string of the molecule is Cc1ccc(OCC(=O)N2CCC(Cc3nc(-c4ccc(F)cc4)no3)CC2)cc1. The first-order valence-electron chi connectivity index (χ1n) is 10.1. The van der Waals surface area contributed by atoms with Crippen molar-refractivity contribution in [1.29, 1.82) is 0 Å². The molecule has 0 bridgehead atoms. The number of carbonyl (C=O) groups is 1. The number of nitrogens with zero attached hydrogens (tertiary/aromatic N) is 3. The number of rotatable bonds is 6. The average Bonchev–Trinajstić information content (AvgIpc) is 3.22. The zero-order valence-electron chi connectivity index (χ0n) is 16.9. The Balaban J connectivity index is 1.24. The molecule has 1 saturated heterocycles. The molecule has 0 N–H and O–H groups in total. The molecular weight excluding hydrogens is 385 g/mol. The summed E-state index contributed by atoms with van der Waals surface area (Å²) in [6, 6.07) is 13.7. The summed E-state index contributed by atoms with van der Waals surface area (Å²) in [4.78, 5) is 18.7. The normalized spacial score (nSPS) is 14.7. The molecule has 1 aromatic heterocycles. The average molecular weight is 409 g/mol. The first kappa shape index (κ1) is 20.1. The van der Waals surface area contributed by atoms with Crippen LogP contribution in [0.2, 0.25) is 0 Å². The molecule has 3 aromatic rings. The van der Waals surface area contributed by atoms with Gasteiger partial charge in [0.15, 0.2) is 6.61 Å². The van der Waals surface area contributed by atoms with E-state index in [4.69, 9.17) is 9.26 Å². The van der Waals surface area contributed by atoms with Crippen molar-refractivity contribution in [1.82, 2.24) is 15.0 Å². The van der Waals surface area contributed by atoms with Gasteiger partial charge in [-0.1, -0.05) is 22.9 Å². The number of aromatic nitrogens is 2. The third kappa shape index (κ3) is 5.03. The fraction of sp³-hybridized carbons (Fsp3) is 0.348. The number of amides is 1. The van der Waals surface area contributed by atoms with E-state index >= 15 is 0 Å². The monoisotopic (exact) mass is 409 g/mol. The summed E-state index contributed by atoms with van der Waals surface area (Å²) in [6.45, 7) is 3.45. The van der Waals surface area contributed by atoms with Crippen LogP contribution in [0.15, 0.2) is 53.1 Å². The second-order valence-electron chi connectivity index (χ2n) is 7.65. The quantitative estimate of drug-likeness (QED) is 0.615. The van der Waals surface area contributed by atoms with E-state index in [1.807, 2.05) is 36.1 Å². The summed E-state index contributed by atoms with van der Waals surface area (Å²) in [5, 5.41) is 3.99. The summed E-state index contributed by atoms with van der Waals surface area (Å²) in [6.07, 6.45) is 2.44. The second kappa shape index (κ2) is 9.07. The smallest absolute Gasteiger partial charge is 0.260 e. The van der Waals surface area contributed by atoms with Crippen LogP contribution >= 0.6 is 0 Å². The highest BCUT2D eigenvalue weighted by molar-refractivity contribution is 5.77. The fourth-order valence-electron chi connectivity index (χ4n) is 3.56. The van der Waals surface area contributed by atoms with Crippen LogP contribution in [-0.4, -0.2) is 40.6 Å². The predicted molar refractivity (Wildman–Crippen MR) is 109 cm³/mol. The predicted octanol–water partition coefficient (Wildman–Crippen LogP) is 4.04. The van der Waals surface area contributed by atoms with Crippen molar-refractivity contribution in [2.75, 3.05) is 19.7 Å². The summed E-state index contributed by atoms with van der Waals surface area (Å²) < 4.78 is 24.0. The Hall–Kier alpha value is -3.22. The van der Waals surface area contributed by atoms with Gasteiger partial charge in [0.25, 0.3) is 5.91 Å². The van der Waals surface area contributed by atoms with Gasteiger partial charge in [0.05, 0.1) is 0 Å². The number of ether oxygens (including phenoxy) is 1. The molecule has 0 radical (unpaired) electrons. The van der Waals surface area contributed by atoms with Gasteiger partial charge in [-0.2, -0.15) is 4.98 Å². The van der Waals surface area contributed by atoms with Crippen molar-refractivity contribution in [3.8, 4) is 17.1 Å². The number of benzene rings is 2. The molecule has 156 valence electrons. The van der Waals surface area contributed by atoms with E-state index in [0.29, 0.717) is 42.9 Å². The maximum absolute atomic E-state index is 13.1. The molecular formula is C23H24FN3O3. The van der Waals surface area contributed by atoms with Crippen molar-refractivity contribution in [2.45, 2.75) is 26.2 Å². The van der Waals surface area contributed by atoms with Crippen molar-refractivity contribution < 1.29 is 18.4 Å². The summed E-state index contributed by atoms with van der Waals surface area (Å²) in [5.74, 6) is 1.83. The second-order valence-corrected chi connectivity index (χ2v) is 7.65. The van der Waals surface area contributed by atoms with Gasteiger partial charge in [-0.15, -0.1) is 0 Å². The molecule has 7 heteroatoms. The van der Waals surface area contributed by atoms with Gasteiger partial charge < -0.3 is 14.2 Å². The van der Waals surface area contributed by atoms with Crippen LogP contribution in [-0.2, 0) is 11.2 Å². The van der Waals surface area contributed by atoms with Crippen LogP contribution in [0.4, 0.5) is 4.39 Å². The molecule has 30 heavy (non-hydrogen) atoms. The molecule has 1 aliphatic rings. The first-order valence-corrected chi connectivity index (χ1v) is 10.1. The van der Waals surface area contributed by atoms with Gasteiger partial charge in [-0.25, -0.2) is 4.39 Å². The molecule has 1 amide bonds. The van der Waals surface area contributed by atoms with E-state index in [-0.39, 0.29) is 18.3 Å². The lowest BCUT2D eigenvalue weighted by atomic mass is 9.93. The molecule has 2 heterocycles. The van der Waals surface area contributed by atoms with Gasteiger partial charge in [0.2, 0.25) is 11.7 Å². The number of hydrogen-bond donors (Lipinski definition) is 0. The molecule has 0 saturated carbocycles. The highest BCUT2D eigenvalue weighted by Crippen LogP contribution is 2.23. The van der Waals surface area contributed by atoms with Crippen LogP contribution in [0.3, 0.4) is 0 Å². The Kier molecular flexibility index (Phi) is 6.07. The van der Waals surface area contributed by atoms with Gasteiger partial charge in [0.1, 0.15) is 11.6 Å². The van der Waals surface area contributed by atoms with Gasteiger partial charge in [-0.05, 0) is 62.1 Å². The lowest BCUT2D eigenvalue weighted by molar-refractivity contribution is -0.134. The maximum Gasteiger partial charge on any atom is 0.260 e. The van der Waals surface area contributed by atoms with E-state index in [1.54, 1.807) is 12.1 Å². The highest BCUT2D eigenvalue weighted by atomic mass is 19.1. The van der Waals surface area contributed by atoms with Crippen molar-refractivity contribution in [3.63, 3.8) is 0 Å². The molecule has 0 atom stereocenters. The Morgan fingerprint density at radius 3 is 2.53 bits per heavy atom. The minimum Gasteiger partial charge on any atom is -0.484 e. The van der Waals surface area contributed by atoms with Crippen LogP contribution in [0.5, 0.6) is 5.75 Å². The minimum absolute atomic E-state index is 0.00501. The fourth-order valence-corrected chi connectivity index (χ4v) is 3.56. The van der Waals surface area contributed by atoms with E-state index in [9.17, 15) is 9.18 Å². The van der Waals surface area contributed by atoms with Gasteiger partial charge >= 0.3 is 0 Å². The molecule has 1 fully saturated rings. The molecule has 1 aliphatic heterocycles. The molecule has 6 nitrogen and oxygen atoms in total. The summed E-state index contributed by atoms with van der Waals surface area (Å²) >= 11 is 0. The van der Waals surface area contributed by atoms with Crippen molar-refractivity contribution >= 4 is 5.91 Å². The molecule has 0 spiro atoms. The third-order valence-electron chi connectivity index (χ3n) is 5.38. The van der Waals surface area contributed by atoms with Crippen LogP contribution in [0, 0.1) is 18.7 Å². The number of halogens is 1. The Morgan fingerprint density at radius 2 is 1.83 bits per heavy atom. The van der Waals surface area contributed by atoms with Crippen LogP contribution in [0.25, 0.3) is 11.4 Å². The highest BCUT2D eigenvalue weighted by Gasteiger charge is 2.25. The largest absolute Gasteiger partial charge is 0.484 e. The molecule has 0 aliphatic carbocycles. The Morgan fingerprint density at radius 1 is 1.13 bits per heavy atom. The number of carbonyl (C=O) groups excluding carboxylic acids is 1. The third-order valence-corrected chi connectivity index (χ3v) is 5.38. The van der Waals surface area contributed by atoms with E-state index in [2.05, 4.69) is 10.1 Å². The lowest BCUT2D eigenvalue weighted by Gasteiger charge is -2.31. The Bertz CT molecular complexity index is 978. The summed E-state index contributed by atoms with van der Waals surface area (Å²) in [5.41, 5.74) is 1.88. The minimum atomic E-state index is -0.298. The number of aryl methyl sites for hydroxylation is 1. The number of hydrogen-bond acceptors (Lipinski definition) is 5. The van der Waals surface area contributed by atoms with Gasteiger partial charge in [-0.3, -0.25) is 4.79 Å². The molecule has 0 unspecified atom stereocenters. The standard InChI is InChI=1S/C23H24FN3O3/c1-16-2-8-20(9-3-16)29-15-22(28)27-12-10-17(11-13-27)14-21-25-23(26-30-21)18-4-6-19(24)7-5-18/h2-9,17H,10-15H2,1H3. The van der Waals surface area contributed by atoms with E-state index in [0.717, 1.165) is 24.0 Å².